The van der Waals surface area contributed by atoms with E-state index in [1.807, 2.05) is 30.3 Å². The Morgan fingerprint density at radius 2 is 1.78 bits per heavy atom. The van der Waals surface area contributed by atoms with Crippen LogP contribution in [0.5, 0.6) is 0 Å². The minimum absolute atomic E-state index is 0.230. The second-order valence-electron chi connectivity index (χ2n) is 5.09. The number of benzene rings is 2. The maximum atomic E-state index is 13.7. The highest BCUT2D eigenvalue weighted by Crippen LogP contribution is 2.26. The Kier molecular flexibility index (Phi) is 4.73. The first-order valence-corrected chi connectivity index (χ1v) is 8.14. The predicted molar refractivity (Wildman–Crippen MR) is 87.5 cm³/mol. The molecule has 0 aliphatic carbocycles. The molecule has 0 saturated carbocycles. The predicted octanol–water partition coefficient (Wildman–Crippen LogP) is 3.33. The van der Waals surface area contributed by atoms with Gasteiger partial charge in [0.2, 0.25) is 0 Å². The number of rotatable bonds is 5. The normalized spacial score (nSPS) is 12.3. The second-order valence-corrected chi connectivity index (χ2v) is 6.04. The van der Waals surface area contributed by atoms with Crippen LogP contribution < -0.4 is 0 Å². The van der Waals surface area contributed by atoms with Gasteiger partial charge in [0.15, 0.2) is 11.0 Å². The molecule has 0 saturated heterocycles. The average Bonchev–Trinajstić information content (AvgIpc) is 2.95. The van der Waals surface area contributed by atoms with Gasteiger partial charge in [-0.05, 0) is 17.2 Å². The van der Waals surface area contributed by atoms with Gasteiger partial charge in [-0.1, -0.05) is 60.3 Å². The van der Waals surface area contributed by atoms with Crippen LogP contribution in [0.2, 0.25) is 0 Å². The van der Waals surface area contributed by atoms with Crippen LogP contribution in [0.4, 0.5) is 4.39 Å². The van der Waals surface area contributed by atoms with E-state index in [9.17, 15) is 9.50 Å². The molecule has 0 radical (unpaired) electrons. The summed E-state index contributed by atoms with van der Waals surface area (Å²) in [5, 5.41) is 19.2. The molecule has 118 valence electrons. The molecule has 23 heavy (non-hydrogen) atoms. The summed E-state index contributed by atoms with van der Waals surface area (Å²) in [4.78, 5) is 0. The molecule has 4 nitrogen and oxygen atoms in total. The molecule has 0 aliphatic rings. The zero-order chi connectivity index (χ0) is 16.2. The van der Waals surface area contributed by atoms with E-state index >= 15 is 0 Å². The Morgan fingerprint density at radius 3 is 2.52 bits per heavy atom. The third-order valence-corrected chi connectivity index (χ3v) is 4.61. The number of thioether (sulfide) groups is 1. The molecule has 0 amide bonds. The number of nitrogens with zero attached hydrogens (tertiary/aromatic N) is 3. The minimum atomic E-state index is -0.837. The van der Waals surface area contributed by atoms with Gasteiger partial charge in [-0.25, -0.2) is 4.39 Å². The fraction of sp³-hybridized carbons (Fsp3) is 0.176. The van der Waals surface area contributed by atoms with E-state index in [0.717, 1.165) is 5.56 Å². The summed E-state index contributed by atoms with van der Waals surface area (Å²) < 4.78 is 15.4. The van der Waals surface area contributed by atoms with E-state index in [4.69, 9.17) is 0 Å². The third-order valence-electron chi connectivity index (χ3n) is 3.54. The van der Waals surface area contributed by atoms with Crippen LogP contribution in [0.15, 0.2) is 59.8 Å². The standard InChI is InChI=1S/C17H16FN3OS/c1-21-16(15(22)12-7-3-2-4-8-12)19-20-17(21)23-11-13-9-5-6-10-14(13)18/h2-10,15,22H,11H2,1H3. The molecule has 3 aromatic rings. The van der Waals surface area contributed by atoms with E-state index in [-0.39, 0.29) is 5.82 Å². The van der Waals surface area contributed by atoms with Crippen LogP contribution in [0.25, 0.3) is 0 Å². The van der Waals surface area contributed by atoms with Crippen molar-refractivity contribution in [3.05, 3.63) is 77.4 Å². The zero-order valence-electron chi connectivity index (χ0n) is 12.6. The van der Waals surface area contributed by atoms with E-state index in [2.05, 4.69) is 10.2 Å². The van der Waals surface area contributed by atoms with Crippen molar-refractivity contribution in [2.24, 2.45) is 7.05 Å². The summed E-state index contributed by atoms with van der Waals surface area (Å²) in [6.07, 6.45) is -0.837. The number of aliphatic hydroxyl groups is 1. The van der Waals surface area contributed by atoms with Crippen LogP contribution in [0, 0.1) is 5.82 Å². The molecule has 3 rings (SSSR count). The highest BCUT2D eigenvalue weighted by atomic mass is 32.2. The van der Waals surface area contributed by atoms with Crippen LogP contribution in [-0.4, -0.2) is 19.9 Å². The Morgan fingerprint density at radius 1 is 1.09 bits per heavy atom. The quantitative estimate of drug-likeness (QED) is 0.730. The number of hydrogen-bond donors (Lipinski definition) is 1. The molecule has 1 atom stereocenters. The molecule has 6 heteroatoms. The molecule has 2 aromatic carbocycles. The minimum Gasteiger partial charge on any atom is -0.380 e. The maximum absolute atomic E-state index is 13.7. The highest BCUT2D eigenvalue weighted by Gasteiger charge is 2.19. The van der Waals surface area contributed by atoms with Crippen molar-refractivity contribution in [2.45, 2.75) is 17.0 Å². The van der Waals surface area contributed by atoms with Crippen LogP contribution in [-0.2, 0) is 12.8 Å². The van der Waals surface area contributed by atoms with E-state index in [1.165, 1.54) is 17.8 Å². The van der Waals surface area contributed by atoms with E-state index in [0.29, 0.717) is 22.3 Å². The van der Waals surface area contributed by atoms with Crippen molar-refractivity contribution >= 4 is 11.8 Å². The smallest absolute Gasteiger partial charge is 0.191 e. The first-order chi connectivity index (χ1) is 11.2. The Hall–Kier alpha value is -2.18. The van der Waals surface area contributed by atoms with Gasteiger partial charge < -0.3 is 9.67 Å². The number of halogens is 1. The Labute approximate surface area is 138 Å². The monoisotopic (exact) mass is 329 g/mol. The summed E-state index contributed by atoms with van der Waals surface area (Å²) in [5.74, 6) is 0.694. The number of aliphatic hydroxyl groups excluding tert-OH is 1. The van der Waals surface area contributed by atoms with Crippen molar-refractivity contribution in [2.75, 3.05) is 0 Å². The lowest BCUT2D eigenvalue weighted by Crippen LogP contribution is -2.07. The zero-order valence-corrected chi connectivity index (χ0v) is 13.4. The average molecular weight is 329 g/mol. The lowest BCUT2D eigenvalue weighted by Gasteiger charge is -2.10. The van der Waals surface area contributed by atoms with Gasteiger partial charge in [-0.3, -0.25) is 0 Å². The molecule has 1 heterocycles. The largest absolute Gasteiger partial charge is 0.380 e. The lowest BCUT2D eigenvalue weighted by atomic mass is 10.1. The molecule has 0 bridgehead atoms. The Balaban J connectivity index is 1.76. The van der Waals surface area contributed by atoms with Gasteiger partial charge in [0.05, 0.1) is 0 Å². The van der Waals surface area contributed by atoms with Crippen molar-refractivity contribution in [1.29, 1.82) is 0 Å². The summed E-state index contributed by atoms with van der Waals surface area (Å²) in [6.45, 7) is 0. The van der Waals surface area contributed by atoms with Crippen LogP contribution in [0.1, 0.15) is 23.1 Å². The van der Waals surface area contributed by atoms with Gasteiger partial charge in [-0.15, -0.1) is 10.2 Å². The first-order valence-electron chi connectivity index (χ1n) is 7.15. The molecule has 0 fully saturated rings. The van der Waals surface area contributed by atoms with Gasteiger partial charge >= 0.3 is 0 Å². The van der Waals surface area contributed by atoms with Gasteiger partial charge in [0.25, 0.3) is 0 Å². The second kappa shape index (κ2) is 6.93. The van der Waals surface area contributed by atoms with Gasteiger partial charge in [-0.2, -0.15) is 0 Å². The van der Waals surface area contributed by atoms with Crippen molar-refractivity contribution in [3.63, 3.8) is 0 Å². The Bertz CT molecular complexity index is 792. The van der Waals surface area contributed by atoms with Crippen LogP contribution in [0.3, 0.4) is 0 Å². The molecule has 1 unspecified atom stereocenters. The SMILES string of the molecule is Cn1c(SCc2ccccc2F)nnc1C(O)c1ccccc1. The van der Waals surface area contributed by atoms with Crippen molar-refractivity contribution < 1.29 is 9.50 Å². The summed E-state index contributed by atoms with van der Waals surface area (Å²) in [7, 11) is 1.80. The molecular formula is C17H16FN3OS. The lowest BCUT2D eigenvalue weighted by molar-refractivity contribution is 0.205. The highest BCUT2D eigenvalue weighted by molar-refractivity contribution is 7.98. The van der Waals surface area contributed by atoms with Gasteiger partial charge in [0, 0.05) is 12.8 Å². The van der Waals surface area contributed by atoms with Gasteiger partial charge in [0.1, 0.15) is 11.9 Å². The third kappa shape index (κ3) is 3.43. The van der Waals surface area contributed by atoms with Crippen molar-refractivity contribution in [3.8, 4) is 0 Å². The molecule has 1 N–H and O–H groups in total. The molecule has 1 aromatic heterocycles. The molecular weight excluding hydrogens is 313 g/mol. The summed E-state index contributed by atoms with van der Waals surface area (Å²) in [6, 6.07) is 16.0. The maximum Gasteiger partial charge on any atom is 0.191 e. The molecule has 0 spiro atoms. The van der Waals surface area contributed by atoms with Crippen molar-refractivity contribution in [1.82, 2.24) is 14.8 Å². The van der Waals surface area contributed by atoms with Crippen LogP contribution >= 0.6 is 11.8 Å². The molecule has 0 aliphatic heterocycles. The summed E-state index contributed by atoms with van der Waals surface area (Å²) in [5.41, 5.74) is 1.37. The number of aromatic nitrogens is 3. The summed E-state index contributed by atoms with van der Waals surface area (Å²) >= 11 is 1.39. The number of hydrogen-bond acceptors (Lipinski definition) is 4. The van der Waals surface area contributed by atoms with E-state index < -0.39 is 6.10 Å². The topological polar surface area (TPSA) is 50.9 Å². The fourth-order valence-corrected chi connectivity index (χ4v) is 3.14. The van der Waals surface area contributed by atoms with E-state index in [1.54, 1.807) is 29.8 Å². The first kappa shape index (κ1) is 15.7. The fourth-order valence-electron chi connectivity index (χ4n) is 2.23.